The number of rotatable bonds is 4. The van der Waals surface area contributed by atoms with Crippen molar-refractivity contribution in [2.75, 3.05) is 19.2 Å². The van der Waals surface area contributed by atoms with E-state index in [0.29, 0.717) is 12.4 Å². The monoisotopic (exact) mass is 491 g/mol. The Labute approximate surface area is 169 Å². The van der Waals surface area contributed by atoms with Gasteiger partial charge in [0.25, 0.3) is 0 Å². The van der Waals surface area contributed by atoms with E-state index in [2.05, 4.69) is 28.7 Å². The van der Waals surface area contributed by atoms with Gasteiger partial charge in [0.2, 0.25) is 5.91 Å². The predicted octanol–water partition coefficient (Wildman–Crippen LogP) is 3.50. The summed E-state index contributed by atoms with van der Waals surface area (Å²) >= 11 is 3.81. The molecule has 1 heterocycles. The minimum absolute atomic E-state index is 0. The zero-order valence-corrected chi connectivity index (χ0v) is 18.2. The first kappa shape index (κ1) is 19.5. The van der Waals surface area contributed by atoms with E-state index in [1.54, 1.807) is 16.7 Å². The summed E-state index contributed by atoms with van der Waals surface area (Å²) in [5.74, 6) is 1.64. The van der Waals surface area contributed by atoms with Crippen molar-refractivity contribution in [3.8, 4) is 5.75 Å². The summed E-state index contributed by atoms with van der Waals surface area (Å²) in [4.78, 5) is 13.8. The number of hydrogen-bond donors (Lipinski definition) is 0. The average Bonchev–Trinajstić information content (AvgIpc) is 2.44. The van der Waals surface area contributed by atoms with Crippen LogP contribution in [0.25, 0.3) is 5.70 Å². The molecule has 21 heavy (non-hydrogen) atoms. The molecule has 1 amide bonds. The average molecular weight is 491 g/mol. The molecular weight excluding hydrogens is 474 g/mol. The number of hydrogen-bond acceptors (Lipinski definition) is 3. The van der Waals surface area contributed by atoms with E-state index in [-0.39, 0.29) is 42.5 Å². The summed E-state index contributed by atoms with van der Waals surface area (Å²) in [5.41, 5.74) is 3.01. The predicted molar refractivity (Wildman–Crippen MR) is 92.0 cm³/mol. The van der Waals surface area contributed by atoms with E-state index >= 15 is 0 Å². The van der Waals surface area contributed by atoms with Crippen LogP contribution >= 0.6 is 34.4 Å². The number of amides is 1. The van der Waals surface area contributed by atoms with Crippen molar-refractivity contribution >= 4 is 46.0 Å². The number of nitrogens with zero attached hydrogens (tertiary/aromatic N) is 1. The van der Waals surface area contributed by atoms with Gasteiger partial charge in [-0.1, -0.05) is 35.9 Å². The van der Waals surface area contributed by atoms with Crippen LogP contribution in [-0.4, -0.2) is 34.0 Å². The Morgan fingerprint density at radius 2 is 2.24 bits per heavy atom. The SMILES string of the molecule is CSCOc1ccc(C2=[C-]CC(I)C(=O)N2C)c(C)c1.[Y]. The third-order valence-electron chi connectivity index (χ3n) is 3.18. The Balaban J connectivity index is 0.00000220. The second-order valence-electron chi connectivity index (χ2n) is 4.62. The Morgan fingerprint density at radius 1 is 1.52 bits per heavy atom. The van der Waals surface area contributed by atoms with Crippen LogP contribution in [0.5, 0.6) is 5.75 Å². The topological polar surface area (TPSA) is 29.5 Å². The van der Waals surface area contributed by atoms with E-state index in [9.17, 15) is 4.79 Å². The molecule has 0 saturated carbocycles. The van der Waals surface area contributed by atoms with Crippen LogP contribution in [0.2, 0.25) is 0 Å². The number of benzene rings is 1. The molecule has 3 nitrogen and oxygen atoms in total. The molecule has 0 aromatic heterocycles. The van der Waals surface area contributed by atoms with Gasteiger partial charge >= 0.3 is 0 Å². The van der Waals surface area contributed by atoms with Gasteiger partial charge in [0.15, 0.2) is 0 Å². The van der Waals surface area contributed by atoms with Crippen molar-refractivity contribution in [1.29, 1.82) is 0 Å². The first-order valence-electron chi connectivity index (χ1n) is 6.30. The van der Waals surface area contributed by atoms with Crippen molar-refractivity contribution in [1.82, 2.24) is 4.90 Å². The molecule has 1 aromatic carbocycles. The summed E-state index contributed by atoms with van der Waals surface area (Å²) in [6, 6.07) is 5.96. The molecule has 0 bridgehead atoms. The number of allylic oxidation sites excluding steroid dienone is 1. The first-order chi connectivity index (χ1) is 9.54. The molecule has 6 heteroatoms. The Morgan fingerprint density at radius 3 is 2.86 bits per heavy atom. The zero-order valence-electron chi connectivity index (χ0n) is 12.4. The summed E-state index contributed by atoms with van der Waals surface area (Å²) in [6.45, 7) is 2.03. The Kier molecular flexibility index (Phi) is 8.24. The van der Waals surface area contributed by atoms with Gasteiger partial charge in [-0.05, 0) is 18.4 Å². The number of halogens is 1. The van der Waals surface area contributed by atoms with E-state index in [4.69, 9.17) is 4.74 Å². The molecule has 1 atom stereocenters. The van der Waals surface area contributed by atoms with E-state index in [1.165, 1.54) is 0 Å². The molecule has 1 aliphatic rings. The van der Waals surface area contributed by atoms with Crippen molar-refractivity contribution in [2.45, 2.75) is 17.3 Å². The molecular formula is C15H17INO2SY-. The molecule has 0 fully saturated rings. The smallest absolute Gasteiger partial charge is 0.235 e. The van der Waals surface area contributed by atoms with Crippen LogP contribution in [0.15, 0.2) is 18.2 Å². The fourth-order valence-corrected chi connectivity index (χ4v) is 3.00. The van der Waals surface area contributed by atoms with Crippen molar-refractivity contribution in [3.05, 3.63) is 35.4 Å². The van der Waals surface area contributed by atoms with Gasteiger partial charge in [-0.3, -0.25) is 4.79 Å². The number of ether oxygens (including phenoxy) is 1. The molecule has 111 valence electrons. The normalized spacial score (nSPS) is 18.1. The largest absolute Gasteiger partial charge is 0.483 e. The van der Waals surface area contributed by atoms with Crippen LogP contribution < -0.4 is 4.74 Å². The van der Waals surface area contributed by atoms with Gasteiger partial charge in [-0.15, -0.1) is 34.7 Å². The summed E-state index contributed by atoms with van der Waals surface area (Å²) in [6.07, 6.45) is 6.01. The Hall–Kier alpha value is 0.414. The molecule has 0 spiro atoms. The van der Waals surface area contributed by atoms with Crippen LogP contribution in [0.3, 0.4) is 0 Å². The van der Waals surface area contributed by atoms with Crippen molar-refractivity contribution < 1.29 is 42.2 Å². The van der Waals surface area contributed by atoms with Gasteiger partial charge in [0, 0.05) is 39.8 Å². The van der Waals surface area contributed by atoms with Crippen LogP contribution in [0, 0.1) is 13.0 Å². The molecule has 0 saturated heterocycles. The number of carbonyl (C=O) groups is 1. The van der Waals surface area contributed by atoms with E-state index < -0.39 is 0 Å². The molecule has 1 aromatic rings. The number of aryl methyl sites for hydroxylation is 1. The van der Waals surface area contributed by atoms with Gasteiger partial charge in [-0.2, -0.15) is 0 Å². The molecule has 0 aliphatic carbocycles. The van der Waals surface area contributed by atoms with Crippen molar-refractivity contribution in [2.24, 2.45) is 0 Å². The van der Waals surface area contributed by atoms with Crippen LogP contribution in [-0.2, 0) is 37.5 Å². The molecule has 0 N–H and O–H groups in total. The maximum Gasteiger partial charge on any atom is 0.235 e. The molecule has 1 unspecified atom stereocenters. The van der Waals surface area contributed by atoms with Gasteiger partial charge in [0.05, 0.1) is 3.92 Å². The second-order valence-corrected chi connectivity index (χ2v) is 6.94. The van der Waals surface area contributed by atoms with Crippen molar-refractivity contribution in [3.63, 3.8) is 0 Å². The minimum atomic E-state index is -0.00848. The summed E-state index contributed by atoms with van der Waals surface area (Å²) in [5, 5.41) is 0. The fraction of sp³-hybridized carbons (Fsp3) is 0.400. The van der Waals surface area contributed by atoms with E-state index in [0.717, 1.165) is 22.6 Å². The standard InChI is InChI=1S/C15H17INO2S.Y/c1-10-8-11(19-9-20-3)4-5-12(10)14-7-6-13(16)15(18)17(14)2;/h4-5,8,13H,6,9H2,1-3H3;/q-1;. The third kappa shape index (κ3) is 4.69. The van der Waals surface area contributed by atoms with E-state index in [1.807, 2.05) is 38.4 Å². The fourth-order valence-electron chi connectivity index (χ4n) is 2.11. The van der Waals surface area contributed by atoms with Crippen LogP contribution in [0.1, 0.15) is 17.5 Å². The van der Waals surface area contributed by atoms with Gasteiger partial charge < -0.3 is 9.64 Å². The third-order valence-corrected chi connectivity index (χ3v) is 4.51. The minimum Gasteiger partial charge on any atom is -0.483 e. The molecule has 2 rings (SSSR count). The number of alkyl halides is 1. The van der Waals surface area contributed by atoms with Gasteiger partial charge in [0.1, 0.15) is 11.7 Å². The quantitative estimate of drug-likeness (QED) is 0.280. The number of carbonyl (C=O) groups excluding carboxylic acids is 1. The maximum atomic E-state index is 12.1. The van der Waals surface area contributed by atoms with Crippen LogP contribution in [0.4, 0.5) is 0 Å². The summed E-state index contributed by atoms with van der Waals surface area (Å²) in [7, 11) is 1.81. The number of thioether (sulfide) groups is 1. The zero-order chi connectivity index (χ0) is 14.7. The Bertz CT molecular complexity index is 550. The maximum absolute atomic E-state index is 12.1. The van der Waals surface area contributed by atoms with Gasteiger partial charge in [-0.25, -0.2) is 6.08 Å². The first-order valence-corrected chi connectivity index (χ1v) is 8.93. The molecule has 1 radical (unpaired) electrons. The summed E-state index contributed by atoms with van der Waals surface area (Å²) < 4.78 is 5.59. The second kappa shape index (κ2) is 8.89. The molecule has 1 aliphatic heterocycles.